The first-order chi connectivity index (χ1) is 8.34. The second-order valence-electron chi connectivity index (χ2n) is 4.84. The molecule has 0 amide bonds. The molecule has 2 heterocycles. The molecule has 1 aromatic heterocycles. The fourth-order valence-electron chi connectivity index (χ4n) is 2.72. The van der Waals surface area contributed by atoms with Crippen LogP contribution in [0.4, 0.5) is 5.69 Å². The molecule has 1 aliphatic rings. The van der Waals surface area contributed by atoms with Crippen LogP contribution in [0.3, 0.4) is 0 Å². The van der Waals surface area contributed by atoms with Crippen LogP contribution in [0.15, 0.2) is 30.5 Å². The molecule has 1 aromatic carbocycles. The van der Waals surface area contributed by atoms with Gasteiger partial charge in [0.1, 0.15) is 0 Å². The highest BCUT2D eigenvalue weighted by Gasteiger charge is 2.12. The van der Waals surface area contributed by atoms with Crippen molar-refractivity contribution < 1.29 is 0 Å². The Labute approximate surface area is 102 Å². The van der Waals surface area contributed by atoms with E-state index >= 15 is 0 Å². The summed E-state index contributed by atoms with van der Waals surface area (Å²) in [7, 11) is 0. The Bertz CT molecular complexity index is 509. The number of fused-ring (bicyclic) bond motifs is 1. The number of nitrogens with zero attached hydrogens (tertiary/aromatic N) is 2. The fourth-order valence-corrected chi connectivity index (χ4v) is 2.72. The lowest BCUT2D eigenvalue weighted by Crippen LogP contribution is -2.23. The highest BCUT2D eigenvalue weighted by molar-refractivity contribution is 5.91. The van der Waals surface area contributed by atoms with Crippen molar-refractivity contribution in [2.45, 2.75) is 19.4 Å². The Morgan fingerprint density at radius 2 is 1.82 bits per heavy atom. The maximum atomic E-state index is 6.03. The predicted molar refractivity (Wildman–Crippen MR) is 72.0 cm³/mol. The number of nitrogens with two attached hydrogens (primary N) is 1. The van der Waals surface area contributed by atoms with E-state index in [1.807, 2.05) is 6.07 Å². The highest BCUT2D eigenvalue weighted by Crippen LogP contribution is 2.23. The van der Waals surface area contributed by atoms with Gasteiger partial charge >= 0.3 is 0 Å². The smallest absolute Gasteiger partial charge is 0.0574 e. The summed E-state index contributed by atoms with van der Waals surface area (Å²) < 4.78 is 2.28. The van der Waals surface area contributed by atoms with Crippen molar-refractivity contribution >= 4 is 16.6 Å². The summed E-state index contributed by atoms with van der Waals surface area (Å²) in [6.07, 6.45) is 4.78. The van der Waals surface area contributed by atoms with Gasteiger partial charge in [0.2, 0.25) is 0 Å². The highest BCUT2D eigenvalue weighted by atomic mass is 15.2. The third-order valence-electron chi connectivity index (χ3n) is 3.68. The van der Waals surface area contributed by atoms with Crippen molar-refractivity contribution in [3.63, 3.8) is 0 Å². The van der Waals surface area contributed by atoms with Crippen molar-refractivity contribution in [3.8, 4) is 0 Å². The minimum atomic E-state index is 0.891. The molecule has 3 nitrogen and oxygen atoms in total. The maximum Gasteiger partial charge on any atom is 0.0574 e. The van der Waals surface area contributed by atoms with Gasteiger partial charge in [0.25, 0.3) is 0 Å². The summed E-state index contributed by atoms with van der Waals surface area (Å²) in [6.45, 7) is 4.69. The summed E-state index contributed by atoms with van der Waals surface area (Å²) in [5.74, 6) is 0. The molecule has 0 saturated carbocycles. The third kappa shape index (κ3) is 2.03. The number of likely N-dealkylation sites (tertiary alicyclic amines) is 1. The Morgan fingerprint density at radius 3 is 2.65 bits per heavy atom. The number of benzene rings is 1. The SMILES string of the molecule is Nc1cn(CCN2CCCC2)c2ccccc12. The largest absolute Gasteiger partial charge is 0.397 e. The van der Waals surface area contributed by atoms with Crippen LogP contribution in [0.1, 0.15) is 12.8 Å². The van der Waals surface area contributed by atoms with Crippen molar-refractivity contribution in [1.82, 2.24) is 9.47 Å². The summed E-state index contributed by atoms with van der Waals surface area (Å²) in [5, 5.41) is 1.17. The molecule has 90 valence electrons. The van der Waals surface area contributed by atoms with Gasteiger partial charge in [-0.15, -0.1) is 0 Å². The molecule has 0 spiro atoms. The number of hydrogen-bond acceptors (Lipinski definition) is 2. The van der Waals surface area contributed by atoms with Crippen LogP contribution in [0.5, 0.6) is 0 Å². The minimum Gasteiger partial charge on any atom is -0.397 e. The Balaban J connectivity index is 1.80. The van der Waals surface area contributed by atoms with Crippen LogP contribution in [-0.4, -0.2) is 29.1 Å². The monoisotopic (exact) mass is 229 g/mol. The van der Waals surface area contributed by atoms with Crippen molar-refractivity contribution in [1.29, 1.82) is 0 Å². The lowest BCUT2D eigenvalue weighted by Gasteiger charge is -2.15. The summed E-state index contributed by atoms with van der Waals surface area (Å²) in [6, 6.07) is 8.37. The van der Waals surface area contributed by atoms with E-state index in [4.69, 9.17) is 5.73 Å². The van der Waals surface area contributed by atoms with Gasteiger partial charge < -0.3 is 15.2 Å². The maximum absolute atomic E-state index is 6.03. The second-order valence-corrected chi connectivity index (χ2v) is 4.84. The molecule has 17 heavy (non-hydrogen) atoms. The molecule has 0 unspecified atom stereocenters. The lowest BCUT2D eigenvalue weighted by atomic mass is 10.2. The zero-order chi connectivity index (χ0) is 11.7. The van der Waals surface area contributed by atoms with E-state index < -0.39 is 0 Å². The van der Waals surface area contributed by atoms with Crippen molar-refractivity contribution in [2.75, 3.05) is 25.4 Å². The average molecular weight is 229 g/mol. The van der Waals surface area contributed by atoms with Crippen LogP contribution in [0.25, 0.3) is 10.9 Å². The molecular weight excluding hydrogens is 210 g/mol. The van der Waals surface area contributed by atoms with Crippen molar-refractivity contribution in [3.05, 3.63) is 30.5 Å². The number of nitrogen functional groups attached to an aromatic ring is 1. The number of rotatable bonds is 3. The van der Waals surface area contributed by atoms with Crippen LogP contribution in [0.2, 0.25) is 0 Å². The molecule has 0 radical (unpaired) electrons. The molecule has 3 rings (SSSR count). The molecule has 2 aromatic rings. The minimum absolute atomic E-state index is 0.891. The van der Waals surface area contributed by atoms with Gasteiger partial charge in [-0.05, 0) is 32.0 Å². The molecule has 0 bridgehead atoms. The quantitative estimate of drug-likeness (QED) is 0.876. The van der Waals surface area contributed by atoms with Gasteiger partial charge in [0, 0.05) is 24.7 Å². The van der Waals surface area contributed by atoms with Crippen molar-refractivity contribution in [2.24, 2.45) is 0 Å². The first-order valence-corrected chi connectivity index (χ1v) is 6.40. The van der Waals surface area contributed by atoms with E-state index in [0.29, 0.717) is 0 Å². The fraction of sp³-hybridized carbons (Fsp3) is 0.429. The normalized spacial score (nSPS) is 16.9. The van der Waals surface area contributed by atoms with Crippen LogP contribution >= 0.6 is 0 Å². The Morgan fingerprint density at radius 1 is 1.06 bits per heavy atom. The van der Waals surface area contributed by atoms with E-state index in [1.54, 1.807) is 0 Å². The first kappa shape index (κ1) is 10.7. The first-order valence-electron chi connectivity index (χ1n) is 6.40. The third-order valence-corrected chi connectivity index (χ3v) is 3.68. The summed E-state index contributed by atoms with van der Waals surface area (Å²) in [4.78, 5) is 2.53. The molecular formula is C14H19N3. The van der Waals surface area contributed by atoms with Gasteiger partial charge in [-0.25, -0.2) is 0 Å². The van der Waals surface area contributed by atoms with Gasteiger partial charge in [-0.2, -0.15) is 0 Å². The summed E-state index contributed by atoms with van der Waals surface area (Å²) in [5.41, 5.74) is 8.17. The van der Waals surface area contributed by atoms with Gasteiger partial charge in [0.05, 0.1) is 11.2 Å². The van der Waals surface area contributed by atoms with E-state index in [1.165, 1.54) is 36.8 Å². The Kier molecular flexibility index (Phi) is 2.77. The van der Waals surface area contributed by atoms with Crippen LogP contribution in [-0.2, 0) is 6.54 Å². The molecule has 1 fully saturated rings. The van der Waals surface area contributed by atoms with E-state index in [2.05, 4.69) is 33.9 Å². The van der Waals surface area contributed by atoms with Crippen LogP contribution in [0, 0.1) is 0 Å². The predicted octanol–water partition coefficient (Wildman–Crippen LogP) is 2.32. The molecule has 2 N–H and O–H groups in total. The number of para-hydroxylation sites is 1. The van der Waals surface area contributed by atoms with E-state index in [-0.39, 0.29) is 0 Å². The number of anilines is 1. The van der Waals surface area contributed by atoms with E-state index in [0.717, 1.165) is 18.8 Å². The number of hydrogen-bond donors (Lipinski definition) is 1. The standard InChI is InChI=1S/C14H19N3/c15-13-11-17(10-9-16-7-3-4-8-16)14-6-2-1-5-12(13)14/h1-2,5-6,11H,3-4,7-10,15H2. The zero-order valence-electron chi connectivity index (χ0n) is 10.1. The Hall–Kier alpha value is -1.48. The molecule has 0 atom stereocenters. The molecule has 3 heteroatoms. The molecule has 1 saturated heterocycles. The topological polar surface area (TPSA) is 34.2 Å². The molecule has 0 aliphatic carbocycles. The van der Waals surface area contributed by atoms with Gasteiger partial charge in [0.15, 0.2) is 0 Å². The summed E-state index contributed by atoms with van der Waals surface area (Å²) >= 11 is 0. The van der Waals surface area contributed by atoms with Crippen LogP contribution < -0.4 is 5.73 Å². The molecule has 1 aliphatic heterocycles. The zero-order valence-corrected chi connectivity index (χ0v) is 10.1. The number of aromatic nitrogens is 1. The van der Waals surface area contributed by atoms with Gasteiger partial charge in [-0.3, -0.25) is 0 Å². The lowest BCUT2D eigenvalue weighted by molar-refractivity contribution is 0.324. The van der Waals surface area contributed by atoms with Gasteiger partial charge in [-0.1, -0.05) is 18.2 Å². The second kappa shape index (κ2) is 4.41. The average Bonchev–Trinajstić information content (AvgIpc) is 2.96. The van der Waals surface area contributed by atoms with E-state index in [9.17, 15) is 0 Å².